The number of benzene rings is 1. The fraction of sp³-hybridized carbons (Fsp3) is 0.350. The molecule has 0 bridgehead atoms. The van der Waals surface area contributed by atoms with Gasteiger partial charge in [-0.2, -0.15) is 0 Å². The number of thiophene rings is 1. The van der Waals surface area contributed by atoms with E-state index in [0.29, 0.717) is 38.8 Å². The van der Waals surface area contributed by atoms with Crippen molar-refractivity contribution in [3.05, 3.63) is 62.0 Å². The molecule has 0 aliphatic rings. The molecule has 156 valence electrons. The van der Waals surface area contributed by atoms with Gasteiger partial charge in [0.05, 0.1) is 22.6 Å². The van der Waals surface area contributed by atoms with Gasteiger partial charge in [-0.05, 0) is 51.2 Å². The maximum atomic E-state index is 12.8. The Hall–Kier alpha value is -1.93. The summed E-state index contributed by atoms with van der Waals surface area (Å²) >= 11 is 7.37. The van der Waals surface area contributed by atoms with Crippen LogP contribution in [-0.4, -0.2) is 41.0 Å². The second-order valence-corrected chi connectivity index (χ2v) is 8.25. The summed E-state index contributed by atoms with van der Waals surface area (Å²) in [6.07, 6.45) is 1.53. The Kier molecular flexibility index (Phi) is 7.82. The molecule has 0 aliphatic carbocycles. The molecule has 9 heteroatoms. The average molecular weight is 455 g/mol. The zero-order chi connectivity index (χ0) is 20.4. The summed E-state index contributed by atoms with van der Waals surface area (Å²) in [5, 5.41) is 4.19. The molecule has 0 spiro atoms. The highest BCUT2D eigenvalue weighted by Gasteiger charge is 2.21. The van der Waals surface area contributed by atoms with E-state index in [2.05, 4.69) is 10.3 Å². The zero-order valence-corrected chi connectivity index (χ0v) is 19.1. The summed E-state index contributed by atoms with van der Waals surface area (Å²) in [6.45, 7) is 4.66. The van der Waals surface area contributed by atoms with Crippen molar-refractivity contribution < 1.29 is 4.79 Å². The third kappa shape index (κ3) is 4.80. The highest BCUT2D eigenvalue weighted by Crippen LogP contribution is 2.27. The smallest absolute Gasteiger partial charge is 0.262 e. The molecule has 2 aromatic heterocycles. The normalized spacial score (nSPS) is 12.1. The lowest BCUT2D eigenvalue weighted by Gasteiger charge is -2.25. The van der Waals surface area contributed by atoms with Crippen molar-refractivity contribution in [2.75, 3.05) is 20.6 Å². The van der Waals surface area contributed by atoms with E-state index in [1.54, 1.807) is 11.5 Å². The van der Waals surface area contributed by atoms with Crippen LogP contribution in [0.25, 0.3) is 10.2 Å². The van der Waals surface area contributed by atoms with E-state index < -0.39 is 0 Å². The molecular weight excluding hydrogens is 431 g/mol. The van der Waals surface area contributed by atoms with Crippen molar-refractivity contribution in [1.82, 2.24) is 19.8 Å². The lowest BCUT2D eigenvalue weighted by atomic mass is 10.1. The molecule has 3 aromatic rings. The number of nitrogens with zero attached hydrogens (tertiary/aromatic N) is 3. The molecule has 0 radical (unpaired) electrons. The Bertz CT molecular complexity index is 1080. The Morgan fingerprint density at radius 1 is 1.38 bits per heavy atom. The quantitative estimate of drug-likeness (QED) is 0.613. The van der Waals surface area contributed by atoms with Crippen LogP contribution in [0.3, 0.4) is 0 Å². The Balaban J connectivity index is 0.00000300. The van der Waals surface area contributed by atoms with Gasteiger partial charge in [0.2, 0.25) is 0 Å². The molecule has 0 aliphatic heterocycles. The Morgan fingerprint density at radius 3 is 2.72 bits per heavy atom. The minimum atomic E-state index is -0.197. The van der Waals surface area contributed by atoms with Gasteiger partial charge in [-0.3, -0.25) is 14.2 Å². The topological polar surface area (TPSA) is 67.2 Å². The standard InChI is InChI=1S/C20H23ClN4O2S.ClH/c1-5-25-11-23-19-16(20(25)27)12(2)17(28-19)18(26)22-10-15(24(3)4)13-7-6-8-14(21)9-13;/h6-9,11,15H,5,10H2,1-4H3,(H,22,26);1H. The maximum absolute atomic E-state index is 12.8. The molecule has 3 rings (SSSR count). The van der Waals surface area contributed by atoms with Crippen LogP contribution in [0, 0.1) is 6.92 Å². The van der Waals surface area contributed by atoms with E-state index in [9.17, 15) is 9.59 Å². The van der Waals surface area contributed by atoms with Gasteiger partial charge in [0.15, 0.2) is 0 Å². The summed E-state index contributed by atoms with van der Waals surface area (Å²) in [7, 11) is 3.92. The molecule has 1 atom stereocenters. The predicted octanol–water partition coefficient (Wildman–Crippen LogP) is 3.89. The summed E-state index contributed by atoms with van der Waals surface area (Å²) in [5.74, 6) is -0.197. The number of hydrogen-bond acceptors (Lipinski definition) is 5. The van der Waals surface area contributed by atoms with Crippen LogP contribution in [0.15, 0.2) is 35.4 Å². The number of amides is 1. The molecule has 29 heavy (non-hydrogen) atoms. The number of aromatic nitrogens is 2. The number of carbonyl (C=O) groups is 1. The second kappa shape index (κ2) is 9.71. The van der Waals surface area contributed by atoms with Gasteiger partial charge < -0.3 is 10.2 Å². The Morgan fingerprint density at radius 2 is 2.10 bits per heavy atom. The molecule has 1 N–H and O–H groups in total. The summed E-state index contributed by atoms with van der Waals surface area (Å²) in [4.78, 5) is 32.9. The van der Waals surface area contributed by atoms with Crippen molar-refractivity contribution >= 4 is 51.5 Å². The number of likely N-dealkylation sites (N-methyl/N-ethyl adjacent to an activating group) is 1. The molecule has 6 nitrogen and oxygen atoms in total. The number of nitrogens with one attached hydrogen (secondary N) is 1. The van der Waals surface area contributed by atoms with Gasteiger partial charge in [0.1, 0.15) is 4.83 Å². The first kappa shape index (κ1) is 23.3. The first-order valence-electron chi connectivity index (χ1n) is 9.02. The molecule has 0 fully saturated rings. The van der Waals surface area contributed by atoms with Crippen molar-refractivity contribution in [2.45, 2.75) is 26.4 Å². The summed E-state index contributed by atoms with van der Waals surface area (Å²) in [5.41, 5.74) is 1.60. The van der Waals surface area contributed by atoms with Gasteiger partial charge in [0.25, 0.3) is 11.5 Å². The van der Waals surface area contributed by atoms with Crippen molar-refractivity contribution in [2.24, 2.45) is 0 Å². The average Bonchev–Trinajstić information content (AvgIpc) is 2.99. The van der Waals surface area contributed by atoms with Crippen LogP contribution < -0.4 is 10.9 Å². The van der Waals surface area contributed by atoms with E-state index in [1.807, 2.05) is 50.2 Å². The van der Waals surface area contributed by atoms with Gasteiger partial charge in [-0.25, -0.2) is 4.98 Å². The third-order valence-corrected chi connectivity index (χ3v) is 6.21. The monoisotopic (exact) mass is 454 g/mol. The van der Waals surface area contributed by atoms with Crippen molar-refractivity contribution in [1.29, 1.82) is 0 Å². The second-order valence-electron chi connectivity index (χ2n) is 6.82. The molecule has 0 saturated heterocycles. The SMILES string of the molecule is CCn1cnc2sc(C(=O)NCC(c3cccc(Cl)c3)N(C)C)c(C)c2c1=O.Cl. The van der Waals surface area contributed by atoms with Gasteiger partial charge in [-0.15, -0.1) is 23.7 Å². The van der Waals surface area contributed by atoms with Crippen LogP contribution in [0.4, 0.5) is 0 Å². The van der Waals surface area contributed by atoms with Crippen molar-refractivity contribution in [3.8, 4) is 0 Å². The minimum absolute atomic E-state index is 0. The number of rotatable bonds is 6. The predicted molar refractivity (Wildman–Crippen MR) is 122 cm³/mol. The fourth-order valence-electron chi connectivity index (χ4n) is 3.18. The van der Waals surface area contributed by atoms with Crippen molar-refractivity contribution in [3.63, 3.8) is 0 Å². The Labute approximate surface area is 184 Å². The van der Waals surface area contributed by atoms with E-state index >= 15 is 0 Å². The number of fused-ring (bicyclic) bond motifs is 1. The highest BCUT2D eigenvalue weighted by molar-refractivity contribution is 7.20. The van der Waals surface area contributed by atoms with Crippen LogP contribution >= 0.6 is 35.3 Å². The maximum Gasteiger partial charge on any atom is 0.262 e. The third-order valence-electron chi connectivity index (χ3n) is 4.78. The lowest BCUT2D eigenvalue weighted by Crippen LogP contribution is -2.34. The van der Waals surface area contributed by atoms with Crippen LogP contribution in [0.1, 0.15) is 33.8 Å². The molecule has 0 saturated carbocycles. The molecule has 1 aromatic carbocycles. The first-order chi connectivity index (χ1) is 13.3. The number of carbonyl (C=O) groups excluding carboxylic acids is 1. The molecule has 2 heterocycles. The molecule has 1 unspecified atom stereocenters. The van der Waals surface area contributed by atoms with E-state index in [0.717, 1.165) is 5.56 Å². The van der Waals surface area contributed by atoms with Gasteiger partial charge >= 0.3 is 0 Å². The minimum Gasteiger partial charge on any atom is -0.349 e. The van der Waals surface area contributed by atoms with E-state index in [-0.39, 0.29) is 29.9 Å². The molecular formula is C20H24Cl2N4O2S. The zero-order valence-electron chi connectivity index (χ0n) is 16.7. The van der Waals surface area contributed by atoms with Gasteiger partial charge in [0, 0.05) is 18.1 Å². The number of halogens is 2. The van der Waals surface area contributed by atoms with Gasteiger partial charge in [-0.1, -0.05) is 23.7 Å². The fourth-order valence-corrected chi connectivity index (χ4v) is 4.44. The number of aryl methyl sites for hydroxylation is 2. The summed E-state index contributed by atoms with van der Waals surface area (Å²) in [6, 6.07) is 7.60. The molecule has 1 amide bonds. The van der Waals surface area contributed by atoms with Crippen LogP contribution in [-0.2, 0) is 6.54 Å². The van der Waals surface area contributed by atoms with E-state index in [1.165, 1.54) is 17.7 Å². The highest BCUT2D eigenvalue weighted by atomic mass is 35.5. The van der Waals surface area contributed by atoms with Crippen LogP contribution in [0.5, 0.6) is 0 Å². The lowest BCUT2D eigenvalue weighted by molar-refractivity contribution is 0.0945. The van der Waals surface area contributed by atoms with Crippen LogP contribution in [0.2, 0.25) is 5.02 Å². The number of hydrogen-bond donors (Lipinski definition) is 1. The first-order valence-corrected chi connectivity index (χ1v) is 10.2. The largest absolute Gasteiger partial charge is 0.349 e. The summed E-state index contributed by atoms with van der Waals surface area (Å²) < 4.78 is 1.55. The van der Waals surface area contributed by atoms with E-state index in [4.69, 9.17) is 11.6 Å².